The van der Waals surface area contributed by atoms with Gasteiger partial charge >= 0.3 is 0 Å². The molecule has 0 saturated carbocycles. The maximum absolute atomic E-state index is 13.3. The first-order valence-corrected chi connectivity index (χ1v) is 8.98. The number of methoxy groups -OCH3 is 1. The predicted octanol–water partition coefficient (Wildman–Crippen LogP) is 1.71. The van der Waals surface area contributed by atoms with E-state index in [1.807, 2.05) is 31.2 Å². The summed E-state index contributed by atoms with van der Waals surface area (Å²) in [5.74, 6) is -1.27. The predicted molar refractivity (Wildman–Crippen MR) is 100 cm³/mol. The lowest BCUT2D eigenvalue weighted by atomic mass is 10.2. The van der Waals surface area contributed by atoms with E-state index in [1.165, 1.54) is 6.07 Å². The highest BCUT2D eigenvalue weighted by Crippen LogP contribution is 2.27. The van der Waals surface area contributed by atoms with Crippen LogP contribution in [0.2, 0.25) is 0 Å². The molecule has 0 spiro atoms. The van der Waals surface area contributed by atoms with Crippen molar-refractivity contribution in [1.82, 2.24) is 0 Å². The number of rotatable bonds is 5. The van der Waals surface area contributed by atoms with E-state index < -0.39 is 11.6 Å². The molecule has 0 aromatic heterocycles. The molecule has 1 heterocycles. The Morgan fingerprint density at radius 2 is 1.85 bits per heavy atom. The monoisotopic (exact) mass is 376 g/mol. The molecule has 1 amide bonds. The Hall–Kier alpha value is -2.67. The highest BCUT2D eigenvalue weighted by Gasteiger charge is 2.30. The Kier molecular flexibility index (Phi) is 5.91. The number of nitrogens with one attached hydrogen (secondary N) is 2. The molecular weight excluding hydrogens is 352 g/mol. The van der Waals surface area contributed by atoms with Crippen LogP contribution < -0.4 is 19.9 Å². The van der Waals surface area contributed by atoms with Gasteiger partial charge in [-0.05, 0) is 31.2 Å². The highest BCUT2D eigenvalue weighted by atomic mass is 19.2. The Morgan fingerprint density at radius 3 is 2.52 bits per heavy atom. The second-order valence-electron chi connectivity index (χ2n) is 6.66. The molecule has 1 aliphatic rings. The largest absolute Gasteiger partial charge is 0.495 e. The number of nitrogens with zero attached hydrogens (tertiary/aromatic N) is 1. The number of hydrogen-bond donors (Lipinski definition) is 2. The van der Waals surface area contributed by atoms with Crippen LogP contribution in [0.3, 0.4) is 0 Å². The van der Waals surface area contributed by atoms with Crippen LogP contribution in [0.25, 0.3) is 0 Å². The molecule has 0 aliphatic carbocycles. The zero-order valence-corrected chi connectivity index (χ0v) is 15.5. The second-order valence-corrected chi connectivity index (χ2v) is 6.66. The smallest absolute Gasteiger partial charge is 0.282 e. The molecular formula is C20H24F2N3O2+. The number of amides is 1. The summed E-state index contributed by atoms with van der Waals surface area (Å²) in [6.07, 6.45) is 0. The van der Waals surface area contributed by atoms with Crippen LogP contribution in [0.1, 0.15) is 6.92 Å². The van der Waals surface area contributed by atoms with E-state index in [2.05, 4.69) is 10.2 Å². The number of piperazine rings is 1. The van der Waals surface area contributed by atoms with Gasteiger partial charge in [0.25, 0.3) is 5.91 Å². The summed E-state index contributed by atoms with van der Waals surface area (Å²) in [7, 11) is 1.66. The number of quaternary nitrogens is 1. The average Bonchev–Trinajstić information content (AvgIpc) is 2.70. The first-order valence-electron chi connectivity index (χ1n) is 8.98. The van der Waals surface area contributed by atoms with Crippen molar-refractivity contribution in [2.24, 2.45) is 0 Å². The zero-order valence-electron chi connectivity index (χ0n) is 15.5. The fourth-order valence-corrected chi connectivity index (χ4v) is 3.37. The Morgan fingerprint density at radius 1 is 1.15 bits per heavy atom. The number of benzene rings is 2. The molecule has 2 aromatic rings. The van der Waals surface area contributed by atoms with E-state index in [0.717, 1.165) is 54.6 Å². The van der Waals surface area contributed by atoms with Gasteiger partial charge in [-0.15, -0.1) is 0 Å². The fraction of sp³-hybridized carbons (Fsp3) is 0.350. The lowest BCUT2D eigenvalue weighted by molar-refractivity contribution is -0.914. The summed E-state index contributed by atoms with van der Waals surface area (Å²) in [6, 6.07) is 11.0. The van der Waals surface area contributed by atoms with Gasteiger partial charge in [0.1, 0.15) is 5.75 Å². The first kappa shape index (κ1) is 19.1. The summed E-state index contributed by atoms with van der Waals surface area (Å²) in [5, 5.41) is 2.67. The van der Waals surface area contributed by atoms with Gasteiger partial charge in [0.15, 0.2) is 17.7 Å². The molecule has 144 valence electrons. The van der Waals surface area contributed by atoms with Gasteiger partial charge in [-0.2, -0.15) is 0 Å². The van der Waals surface area contributed by atoms with Crippen molar-refractivity contribution in [3.63, 3.8) is 0 Å². The molecule has 1 saturated heterocycles. The SMILES string of the molecule is COc1ccccc1N1CC[NH+]([C@@H](C)C(=O)Nc2ccc(F)c(F)c2)CC1. The number of anilines is 2. The number of hydrogen-bond acceptors (Lipinski definition) is 3. The highest BCUT2D eigenvalue weighted by molar-refractivity contribution is 5.93. The standard InChI is InChI=1S/C20H23F2N3O2/c1-14(20(26)23-15-7-8-16(21)17(22)13-15)24-9-11-25(12-10-24)18-5-3-4-6-19(18)27-2/h3-8,13-14H,9-12H2,1-2H3,(H,23,26)/p+1/t14-/m0/s1. The molecule has 1 atom stereocenters. The van der Waals surface area contributed by atoms with E-state index in [4.69, 9.17) is 4.74 Å². The molecule has 5 nitrogen and oxygen atoms in total. The van der Waals surface area contributed by atoms with Crippen LogP contribution in [0.4, 0.5) is 20.2 Å². The molecule has 2 aromatic carbocycles. The summed E-state index contributed by atoms with van der Waals surface area (Å²) in [4.78, 5) is 15.9. The Labute approximate surface area is 157 Å². The Bertz CT molecular complexity index is 808. The number of ether oxygens (including phenoxy) is 1. The van der Waals surface area contributed by atoms with E-state index in [0.29, 0.717) is 0 Å². The zero-order chi connectivity index (χ0) is 19.4. The second kappa shape index (κ2) is 8.35. The van der Waals surface area contributed by atoms with Gasteiger partial charge in [-0.3, -0.25) is 4.79 Å². The minimum Gasteiger partial charge on any atom is -0.495 e. The van der Waals surface area contributed by atoms with Crippen LogP contribution in [0.15, 0.2) is 42.5 Å². The molecule has 0 radical (unpaired) electrons. The molecule has 3 rings (SSSR count). The fourth-order valence-electron chi connectivity index (χ4n) is 3.37. The van der Waals surface area contributed by atoms with Crippen LogP contribution in [-0.2, 0) is 4.79 Å². The van der Waals surface area contributed by atoms with Crippen molar-refractivity contribution in [2.75, 3.05) is 43.5 Å². The maximum atomic E-state index is 13.3. The third kappa shape index (κ3) is 4.36. The molecule has 7 heteroatoms. The number of para-hydroxylation sites is 2. The minimum atomic E-state index is -0.974. The number of carbonyl (C=O) groups is 1. The topological polar surface area (TPSA) is 46.0 Å². The Balaban J connectivity index is 1.58. The van der Waals surface area contributed by atoms with Crippen LogP contribution in [-0.4, -0.2) is 45.2 Å². The van der Waals surface area contributed by atoms with Crippen molar-refractivity contribution < 1.29 is 23.2 Å². The lowest BCUT2D eigenvalue weighted by Crippen LogP contribution is -3.19. The number of carbonyl (C=O) groups excluding carboxylic acids is 1. The van der Waals surface area contributed by atoms with E-state index in [9.17, 15) is 13.6 Å². The maximum Gasteiger partial charge on any atom is 0.282 e. The third-order valence-corrected chi connectivity index (χ3v) is 5.02. The average molecular weight is 376 g/mol. The van der Waals surface area contributed by atoms with Gasteiger partial charge in [0.05, 0.1) is 39.0 Å². The quantitative estimate of drug-likeness (QED) is 0.835. The summed E-state index contributed by atoms with van der Waals surface area (Å²) in [5.41, 5.74) is 1.32. The van der Waals surface area contributed by atoms with Crippen molar-refractivity contribution >= 4 is 17.3 Å². The normalized spacial score (nSPS) is 16.1. The van der Waals surface area contributed by atoms with E-state index in [-0.39, 0.29) is 17.6 Å². The molecule has 27 heavy (non-hydrogen) atoms. The van der Waals surface area contributed by atoms with Crippen molar-refractivity contribution in [1.29, 1.82) is 0 Å². The van der Waals surface area contributed by atoms with Crippen LogP contribution in [0, 0.1) is 11.6 Å². The van der Waals surface area contributed by atoms with Gasteiger partial charge in [-0.1, -0.05) is 12.1 Å². The van der Waals surface area contributed by atoms with Gasteiger partial charge in [0, 0.05) is 11.8 Å². The lowest BCUT2D eigenvalue weighted by Gasteiger charge is -2.36. The summed E-state index contributed by atoms with van der Waals surface area (Å²) < 4.78 is 31.7. The van der Waals surface area contributed by atoms with Gasteiger partial charge in [-0.25, -0.2) is 8.78 Å². The molecule has 0 unspecified atom stereocenters. The van der Waals surface area contributed by atoms with Gasteiger partial charge in [0.2, 0.25) is 0 Å². The van der Waals surface area contributed by atoms with Crippen LogP contribution >= 0.6 is 0 Å². The van der Waals surface area contributed by atoms with Crippen molar-refractivity contribution in [2.45, 2.75) is 13.0 Å². The first-order chi connectivity index (χ1) is 13.0. The van der Waals surface area contributed by atoms with Crippen molar-refractivity contribution in [3.05, 3.63) is 54.1 Å². The van der Waals surface area contributed by atoms with E-state index >= 15 is 0 Å². The third-order valence-electron chi connectivity index (χ3n) is 5.02. The summed E-state index contributed by atoms with van der Waals surface area (Å²) >= 11 is 0. The number of halogens is 2. The summed E-state index contributed by atoms with van der Waals surface area (Å²) in [6.45, 7) is 5.05. The van der Waals surface area contributed by atoms with E-state index in [1.54, 1.807) is 7.11 Å². The molecule has 1 aliphatic heterocycles. The van der Waals surface area contributed by atoms with Crippen molar-refractivity contribution in [3.8, 4) is 5.75 Å². The minimum absolute atomic E-state index is 0.207. The molecule has 1 fully saturated rings. The van der Waals surface area contributed by atoms with Gasteiger partial charge < -0.3 is 19.9 Å². The van der Waals surface area contributed by atoms with Crippen LogP contribution in [0.5, 0.6) is 5.75 Å². The molecule has 2 N–H and O–H groups in total. The molecule has 0 bridgehead atoms.